The molecule has 0 radical (unpaired) electrons. The molecule has 1 saturated heterocycles. The third kappa shape index (κ3) is 4.01. The number of oxazole rings is 1. The molecule has 1 amide bonds. The van der Waals surface area contributed by atoms with Gasteiger partial charge in [-0.15, -0.1) is 11.3 Å². The van der Waals surface area contributed by atoms with Crippen molar-refractivity contribution in [2.24, 2.45) is 0 Å². The number of aryl methyl sites for hydroxylation is 1. The smallest absolute Gasteiger partial charge is 0.236 e. The van der Waals surface area contributed by atoms with E-state index >= 15 is 0 Å². The van der Waals surface area contributed by atoms with E-state index in [2.05, 4.69) is 9.88 Å². The molecular formula is C20H20ClN3O2S. The van der Waals surface area contributed by atoms with Gasteiger partial charge in [-0.1, -0.05) is 23.7 Å². The minimum Gasteiger partial charge on any atom is -0.440 e. The lowest BCUT2D eigenvalue weighted by Crippen LogP contribution is -2.49. The Morgan fingerprint density at radius 3 is 2.74 bits per heavy atom. The Kier molecular flexibility index (Phi) is 5.18. The van der Waals surface area contributed by atoms with Gasteiger partial charge in [0.05, 0.1) is 17.0 Å². The Bertz CT molecular complexity index is 931. The van der Waals surface area contributed by atoms with Crippen LogP contribution in [-0.2, 0) is 11.2 Å². The summed E-state index contributed by atoms with van der Waals surface area (Å²) >= 11 is 7.66. The first-order valence-corrected chi connectivity index (χ1v) is 10.1. The lowest BCUT2D eigenvalue weighted by atomic mass is 10.2. The molecule has 1 aromatic carbocycles. The molecule has 0 unspecified atom stereocenters. The molecule has 5 nitrogen and oxygen atoms in total. The number of halogens is 1. The number of hydrogen-bond acceptors (Lipinski definition) is 5. The first-order valence-electron chi connectivity index (χ1n) is 8.88. The second-order valence-corrected chi connectivity index (χ2v) is 7.91. The lowest BCUT2D eigenvalue weighted by Gasteiger charge is -2.36. The fourth-order valence-corrected chi connectivity index (χ4v) is 4.07. The highest BCUT2D eigenvalue weighted by atomic mass is 35.5. The molecule has 140 valence electrons. The van der Waals surface area contributed by atoms with E-state index in [4.69, 9.17) is 16.0 Å². The van der Waals surface area contributed by atoms with Crippen molar-refractivity contribution in [3.05, 3.63) is 58.3 Å². The first kappa shape index (κ1) is 18.1. The number of amides is 1. The minimum atomic E-state index is 0.0925. The number of nitrogens with zero attached hydrogens (tertiary/aromatic N) is 3. The number of aromatic nitrogens is 1. The predicted octanol–water partition coefficient (Wildman–Crippen LogP) is 4.26. The van der Waals surface area contributed by atoms with Crippen LogP contribution < -0.4 is 4.90 Å². The number of hydrogen-bond donors (Lipinski definition) is 0. The SMILES string of the molecule is Cc1oc(-c2cccs2)nc1CC(=O)N1CCN(c2cccc(Cl)c2)CC1. The highest BCUT2D eigenvalue weighted by Crippen LogP contribution is 2.26. The van der Waals surface area contributed by atoms with Crippen LogP contribution in [0.3, 0.4) is 0 Å². The van der Waals surface area contributed by atoms with Crippen LogP contribution in [-0.4, -0.2) is 42.0 Å². The number of carbonyl (C=O) groups excluding carboxylic acids is 1. The molecule has 4 rings (SSSR count). The fraction of sp³-hybridized carbons (Fsp3) is 0.300. The van der Waals surface area contributed by atoms with E-state index in [0.29, 0.717) is 24.7 Å². The van der Waals surface area contributed by atoms with Crippen LogP contribution in [0.1, 0.15) is 11.5 Å². The lowest BCUT2D eigenvalue weighted by molar-refractivity contribution is -0.130. The molecule has 0 N–H and O–H groups in total. The van der Waals surface area contributed by atoms with Crippen LogP contribution in [0.15, 0.2) is 46.2 Å². The molecule has 7 heteroatoms. The van der Waals surface area contributed by atoms with E-state index in [9.17, 15) is 4.79 Å². The number of rotatable bonds is 4. The molecule has 0 aliphatic carbocycles. The molecular weight excluding hydrogens is 382 g/mol. The van der Waals surface area contributed by atoms with Gasteiger partial charge in [-0.2, -0.15) is 0 Å². The molecule has 3 heterocycles. The summed E-state index contributed by atoms with van der Waals surface area (Å²) in [5.74, 6) is 1.40. The van der Waals surface area contributed by atoms with E-state index < -0.39 is 0 Å². The average Bonchev–Trinajstić information content (AvgIpc) is 3.32. The van der Waals surface area contributed by atoms with Crippen LogP contribution in [0.4, 0.5) is 5.69 Å². The second kappa shape index (κ2) is 7.74. The summed E-state index contributed by atoms with van der Waals surface area (Å²) in [6, 6.07) is 11.8. The summed E-state index contributed by atoms with van der Waals surface area (Å²) in [6.45, 7) is 4.85. The number of anilines is 1. The summed E-state index contributed by atoms with van der Waals surface area (Å²) in [5.41, 5.74) is 1.82. The maximum absolute atomic E-state index is 12.7. The van der Waals surface area contributed by atoms with Crippen molar-refractivity contribution in [2.75, 3.05) is 31.1 Å². The predicted molar refractivity (Wildman–Crippen MR) is 109 cm³/mol. The maximum atomic E-state index is 12.7. The Morgan fingerprint density at radius 2 is 2.04 bits per heavy atom. The van der Waals surface area contributed by atoms with E-state index in [0.717, 1.165) is 34.4 Å². The molecule has 0 bridgehead atoms. The summed E-state index contributed by atoms with van der Waals surface area (Å²) in [5, 5.41) is 2.72. The molecule has 1 aliphatic heterocycles. The Labute approximate surface area is 167 Å². The van der Waals surface area contributed by atoms with Gasteiger partial charge in [0, 0.05) is 36.9 Å². The van der Waals surface area contributed by atoms with Gasteiger partial charge in [0.1, 0.15) is 5.76 Å². The zero-order valence-electron chi connectivity index (χ0n) is 15.0. The van der Waals surface area contributed by atoms with E-state index in [1.54, 1.807) is 11.3 Å². The number of piperazine rings is 1. The summed E-state index contributed by atoms with van der Waals surface area (Å²) in [4.78, 5) is 22.4. The number of thiophene rings is 1. The maximum Gasteiger partial charge on any atom is 0.236 e. The molecule has 27 heavy (non-hydrogen) atoms. The van der Waals surface area contributed by atoms with E-state index in [1.165, 1.54) is 0 Å². The topological polar surface area (TPSA) is 49.6 Å². The zero-order chi connectivity index (χ0) is 18.8. The van der Waals surface area contributed by atoms with Crippen molar-refractivity contribution >= 4 is 34.5 Å². The molecule has 3 aromatic rings. The van der Waals surface area contributed by atoms with Gasteiger partial charge in [0.25, 0.3) is 0 Å². The van der Waals surface area contributed by atoms with Gasteiger partial charge in [0.2, 0.25) is 11.8 Å². The number of benzene rings is 1. The standard InChI is InChI=1S/C20H20ClN3O2S/c1-14-17(22-20(26-14)18-6-3-11-27-18)13-19(25)24-9-7-23(8-10-24)16-5-2-4-15(21)12-16/h2-6,11-12H,7-10,13H2,1H3. The van der Waals surface area contributed by atoms with Crippen LogP contribution in [0.5, 0.6) is 0 Å². The highest BCUT2D eigenvalue weighted by molar-refractivity contribution is 7.13. The van der Waals surface area contributed by atoms with Crippen molar-refractivity contribution in [1.82, 2.24) is 9.88 Å². The number of carbonyl (C=O) groups is 1. The molecule has 0 atom stereocenters. The molecule has 0 spiro atoms. The molecule has 2 aromatic heterocycles. The van der Waals surface area contributed by atoms with Gasteiger partial charge in [0.15, 0.2) is 0 Å². The second-order valence-electron chi connectivity index (χ2n) is 6.52. The van der Waals surface area contributed by atoms with Gasteiger partial charge in [-0.25, -0.2) is 4.98 Å². The average molecular weight is 402 g/mol. The third-order valence-electron chi connectivity index (χ3n) is 4.75. The van der Waals surface area contributed by atoms with Crippen molar-refractivity contribution in [2.45, 2.75) is 13.3 Å². The van der Waals surface area contributed by atoms with Crippen LogP contribution in [0, 0.1) is 6.92 Å². The highest BCUT2D eigenvalue weighted by Gasteiger charge is 2.23. The van der Waals surface area contributed by atoms with Gasteiger partial charge >= 0.3 is 0 Å². The molecule has 1 fully saturated rings. The molecule has 0 saturated carbocycles. The van der Waals surface area contributed by atoms with Gasteiger partial charge in [-0.3, -0.25) is 4.79 Å². The van der Waals surface area contributed by atoms with Gasteiger partial charge in [-0.05, 0) is 36.6 Å². The first-order chi connectivity index (χ1) is 13.1. The quantitative estimate of drug-likeness (QED) is 0.655. The van der Waals surface area contributed by atoms with Crippen LogP contribution in [0.25, 0.3) is 10.8 Å². The summed E-state index contributed by atoms with van der Waals surface area (Å²) in [7, 11) is 0. The van der Waals surface area contributed by atoms with Crippen molar-refractivity contribution in [1.29, 1.82) is 0 Å². The minimum absolute atomic E-state index is 0.0925. The summed E-state index contributed by atoms with van der Waals surface area (Å²) < 4.78 is 5.74. The third-order valence-corrected chi connectivity index (χ3v) is 5.84. The van der Waals surface area contributed by atoms with Crippen molar-refractivity contribution < 1.29 is 9.21 Å². The van der Waals surface area contributed by atoms with Gasteiger partial charge < -0.3 is 14.2 Å². The Morgan fingerprint density at radius 1 is 1.22 bits per heavy atom. The van der Waals surface area contributed by atoms with Crippen molar-refractivity contribution in [3.63, 3.8) is 0 Å². The van der Waals surface area contributed by atoms with E-state index in [1.807, 2.05) is 53.6 Å². The van der Waals surface area contributed by atoms with E-state index in [-0.39, 0.29) is 12.3 Å². The molecule has 1 aliphatic rings. The normalized spacial score (nSPS) is 14.6. The Balaban J connectivity index is 1.37. The fourth-order valence-electron chi connectivity index (χ4n) is 3.24. The zero-order valence-corrected chi connectivity index (χ0v) is 16.6. The largest absolute Gasteiger partial charge is 0.440 e. The summed E-state index contributed by atoms with van der Waals surface area (Å²) in [6.07, 6.45) is 0.276. The monoisotopic (exact) mass is 401 g/mol. The Hall–Kier alpha value is -2.31. The van der Waals surface area contributed by atoms with Crippen molar-refractivity contribution in [3.8, 4) is 10.8 Å². The van der Waals surface area contributed by atoms with Crippen LogP contribution >= 0.6 is 22.9 Å². The van der Waals surface area contributed by atoms with Crippen LogP contribution in [0.2, 0.25) is 5.02 Å².